The number of hydrogen-bond acceptors (Lipinski definition) is 4. The summed E-state index contributed by atoms with van der Waals surface area (Å²) in [6.45, 7) is 0. The first-order chi connectivity index (χ1) is 30.7. The van der Waals surface area contributed by atoms with Crippen LogP contribution in [0.15, 0.2) is 218 Å². The van der Waals surface area contributed by atoms with E-state index in [1.54, 1.807) is 0 Å². The lowest BCUT2D eigenvalue weighted by atomic mass is 9.99. The molecule has 4 nitrogen and oxygen atoms in total. The molecule has 290 valence electrons. The molecule has 9 aromatic carbocycles. The summed E-state index contributed by atoms with van der Waals surface area (Å²) in [4.78, 5) is 15.5. The minimum atomic E-state index is 0.641. The van der Waals surface area contributed by atoms with Crippen LogP contribution < -0.4 is 0 Å². The lowest BCUT2D eigenvalue weighted by Crippen LogP contribution is -2.00. The van der Waals surface area contributed by atoms with Crippen LogP contribution in [0.5, 0.6) is 0 Å². The predicted octanol–water partition coefficient (Wildman–Crippen LogP) is 15.3. The van der Waals surface area contributed by atoms with Crippen molar-refractivity contribution in [3.05, 3.63) is 218 Å². The van der Waals surface area contributed by atoms with Gasteiger partial charge in [-0.05, 0) is 69.8 Å². The molecule has 3 aromatic heterocycles. The molecule has 3 heterocycles. The highest BCUT2D eigenvalue weighted by Gasteiger charge is 2.21. The van der Waals surface area contributed by atoms with Crippen molar-refractivity contribution < 1.29 is 0 Å². The maximum Gasteiger partial charge on any atom is 0.165 e. The van der Waals surface area contributed by atoms with E-state index < -0.39 is 0 Å². The van der Waals surface area contributed by atoms with Crippen molar-refractivity contribution in [1.29, 1.82) is 0 Å². The minimum absolute atomic E-state index is 0.641. The van der Waals surface area contributed by atoms with Crippen LogP contribution >= 0.6 is 11.3 Å². The Morgan fingerprint density at radius 2 is 0.774 bits per heavy atom. The van der Waals surface area contributed by atoms with Crippen LogP contribution in [0.25, 0.3) is 115 Å². The van der Waals surface area contributed by atoms with E-state index in [1.807, 2.05) is 35.6 Å². The van der Waals surface area contributed by atoms with Gasteiger partial charge in [0.15, 0.2) is 17.5 Å². The molecule has 5 heteroatoms. The van der Waals surface area contributed by atoms with E-state index in [4.69, 9.17) is 15.0 Å². The lowest BCUT2D eigenvalue weighted by molar-refractivity contribution is 1.08. The molecule has 12 rings (SSSR count). The number of para-hydroxylation sites is 1. The van der Waals surface area contributed by atoms with Crippen molar-refractivity contribution in [2.75, 3.05) is 0 Å². The fraction of sp³-hybridized carbons (Fsp3) is 0. The number of hydrogen-bond donors (Lipinski definition) is 0. The zero-order valence-electron chi connectivity index (χ0n) is 33.5. The SMILES string of the molecule is c1ccc(-c2cccc(-c3ccc(-n4c5ccccc5c5ccc6c7cccc(-c8nc(-c9ccccc9)nc(-c9cccc(-c%10ccccc%10)c9)n8)c7sc6c54)cc3)c2)cc1. The largest absolute Gasteiger partial charge is 0.308 e. The maximum atomic E-state index is 5.25. The van der Waals surface area contributed by atoms with Gasteiger partial charge in [-0.1, -0.05) is 182 Å². The molecule has 62 heavy (non-hydrogen) atoms. The molecule has 0 bridgehead atoms. The summed E-state index contributed by atoms with van der Waals surface area (Å²) < 4.78 is 4.82. The molecule has 0 aliphatic carbocycles. The predicted molar refractivity (Wildman–Crippen MR) is 260 cm³/mol. The van der Waals surface area contributed by atoms with E-state index in [9.17, 15) is 0 Å². The van der Waals surface area contributed by atoms with Crippen LogP contribution in [0.3, 0.4) is 0 Å². The first kappa shape index (κ1) is 35.9. The van der Waals surface area contributed by atoms with Crippen molar-refractivity contribution in [2.24, 2.45) is 0 Å². The summed E-state index contributed by atoms with van der Waals surface area (Å²) >= 11 is 1.82. The number of fused-ring (bicyclic) bond motifs is 7. The van der Waals surface area contributed by atoms with Gasteiger partial charge in [-0.3, -0.25) is 0 Å². The van der Waals surface area contributed by atoms with Crippen LogP contribution in [0, 0.1) is 0 Å². The van der Waals surface area contributed by atoms with E-state index in [-0.39, 0.29) is 0 Å². The highest BCUT2D eigenvalue weighted by atomic mass is 32.1. The number of benzene rings is 9. The normalized spacial score (nSPS) is 11.5. The van der Waals surface area contributed by atoms with E-state index >= 15 is 0 Å². The Bertz CT molecular complexity index is 3610. The van der Waals surface area contributed by atoms with Crippen molar-refractivity contribution >= 4 is 53.3 Å². The van der Waals surface area contributed by atoms with Gasteiger partial charge in [0.1, 0.15) is 0 Å². The van der Waals surface area contributed by atoms with Gasteiger partial charge in [0.2, 0.25) is 0 Å². The first-order valence-corrected chi connectivity index (χ1v) is 21.7. The van der Waals surface area contributed by atoms with Crippen LogP contribution in [0.2, 0.25) is 0 Å². The Kier molecular flexibility index (Phi) is 8.65. The Morgan fingerprint density at radius 1 is 0.306 bits per heavy atom. The highest BCUT2D eigenvalue weighted by molar-refractivity contribution is 7.27. The number of rotatable bonds is 7. The maximum absolute atomic E-state index is 5.25. The highest BCUT2D eigenvalue weighted by Crippen LogP contribution is 2.46. The molecule has 0 spiro atoms. The number of nitrogens with zero attached hydrogens (tertiary/aromatic N) is 4. The third-order valence-corrected chi connectivity index (χ3v) is 13.1. The van der Waals surface area contributed by atoms with Crippen molar-refractivity contribution in [2.45, 2.75) is 0 Å². The molecule has 0 aliphatic heterocycles. The fourth-order valence-electron chi connectivity index (χ4n) is 8.87. The van der Waals surface area contributed by atoms with Crippen molar-refractivity contribution in [3.8, 4) is 73.2 Å². The summed E-state index contributed by atoms with van der Waals surface area (Å²) in [5, 5.41) is 4.86. The summed E-state index contributed by atoms with van der Waals surface area (Å²) in [7, 11) is 0. The monoisotopic (exact) mass is 808 g/mol. The van der Waals surface area contributed by atoms with Gasteiger partial charge in [-0.25, -0.2) is 15.0 Å². The molecule has 0 saturated carbocycles. The first-order valence-electron chi connectivity index (χ1n) is 20.8. The Hall–Kier alpha value is -7.99. The van der Waals surface area contributed by atoms with Gasteiger partial charge < -0.3 is 4.57 Å². The number of thiophene rings is 1. The quantitative estimate of drug-likeness (QED) is 0.161. The molecule has 0 fully saturated rings. The smallest absolute Gasteiger partial charge is 0.165 e. The molecule has 0 saturated heterocycles. The summed E-state index contributed by atoms with van der Waals surface area (Å²) in [6, 6.07) is 77.4. The van der Waals surface area contributed by atoms with Gasteiger partial charge in [0.05, 0.1) is 15.7 Å². The van der Waals surface area contributed by atoms with Crippen LogP contribution in [0.1, 0.15) is 0 Å². The Labute approximate surface area is 362 Å². The molecule has 0 N–H and O–H groups in total. The van der Waals surface area contributed by atoms with Crippen molar-refractivity contribution in [1.82, 2.24) is 19.5 Å². The van der Waals surface area contributed by atoms with Gasteiger partial charge in [0, 0.05) is 48.6 Å². The van der Waals surface area contributed by atoms with Crippen LogP contribution in [-0.2, 0) is 0 Å². The second-order valence-corrected chi connectivity index (χ2v) is 16.6. The molecule has 0 radical (unpaired) electrons. The van der Waals surface area contributed by atoms with E-state index in [1.165, 1.54) is 59.5 Å². The summed E-state index contributed by atoms with van der Waals surface area (Å²) in [6.07, 6.45) is 0. The van der Waals surface area contributed by atoms with Gasteiger partial charge >= 0.3 is 0 Å². The topological polar surface area (TPSA) is 43.6 Å². The fourth-order valence-corrected chi connectivity index (χ4v) is 10.2. The molecule has 0 atom stereocenters. The average molecular weight is 809 g/mol. The third-order valence-electron chi connectivity index (χ3n) is 11.9. The average Bonchev–Trinajstić information content (AvgIpc) is 3.91. The zero-order valence-corrected chi connectivity index (χ0v) is 34.3. The van der Waals surface area contributed by atoms with Crippen molar-refractivity contribution in [3.63, 3.8) is 0 Å². The lowest BCUT2D eigenvalue weighted by Gasteiger charge is -2.11. The molecule has 0 unspecified atom stereocenters. The Morgan fingerprint density at radius 3 is 1.45 bits per heavy atom. The van der Waals surface area contributed by atoms with E-state index in [0.717, 1.165) is 38.2 Å². The second-order valence-electron chi connectivity index (χ2n) is 15.6. The van der Waals surface area contributed by atoms with Crippen LogP contribution in [0.4, 0.5) is 0 Å². The van der Waals surface area contributed by atoms with E-state index in [0.29, 0.717) is 17.5 Å². The summed E-state index contributed by atoms with van der Waals surface area (Å²) in [5.74, 6) is 1.94. The standard InChI is InChI=1S/C57H36N4S/c1-4-15-37(16-5-1)41-21-12-22-42(35-41)39-29-31-45(32-30-39)61-51-28-11-10-25-46(51)47-33-34-49-48-26-14-27-50(53(48)62-54(49)52(47)61)57-59-55(40-19-8-3-9-20-40)58-56(60-57)44-24-13-23-43(36-44)38-17-6-2-7-18-38/h1-36H. The summed E-state index contributed by atoms with van der Waals surface area (Å²) in [5.41, 5.74) is 13.4. The Balaban J connectivity index is 1.03. The molecule has 0 aliphatic rings. The van der Waals surface area contributed by atoms with E-state index in [2.05, 4.69) is 199 Å². The molecule has 0 amide bonds. The van der Waals surface area contributed by atoms with Crippen LogP contribution in [-0.4, -0.2) is 19.5 Å². The van der Waals surface area contributed by atoms with Gasteiger partial charge in [-0.2, -0.15) is 0 Å². The van der Waals surface area contributed by atoms with Gasteiger partial charge in [-0.15, -0.1) is 11.3 Å². The number of aromatic nitrogens is 4. The molecule has 12 aromatic rings. The molecular formula is C57H36N4S. The zero-order chi connectivity index (χ0) is 41.0. The molecular weight excluding hydrogens is 773 g/mol. The second kappa shape index (κ2) is 14.9. The third kappa shape index (κ3) is 6.18. The van der Waals surface area contributed by atoms with Gasteiger partial charge in [0.25, 0.3) is 0 Å². The minimum Gasteiger partial charge on any atom is -0.308 e.